The van der Waals surface area contributed by atoms with E-state index in [9.17, 15) is 9.59 Å². The second-order valence-corrected chi connectivity index (χ2v) is 5.35. The first-order valence-corrected chi connectivity index (χ1v) is 5.71. The van der Waals surface area contributed by atoms with Gasteiger partial charge in [-0.2, -0.15) is 0 Å². The number of hydrogen-bond donors (Lipinski definition) is 1. The lowest BCUT2D eigenvalue weighted by molar-refractivity contribution is 0.165. The lowest BCUT2D eigenvalue weighted by Crippen LogP contribution is -2.48. The molecule has 96 valence electrons. The Kier molecular flexibility index (Phi) is 3.84. The summed E-state index contributed by atoms with van der Waals surface area (Å²) in [5.74, 6) is 0. The van der Waals surface area contributed by atoms with Crippen LogP contribution in [0.1, 0.15) is 19.4 Å². The summed E-state index contributed by atoms with van der Waals surface area (Å²) in [5, 5.41) is 0.110. The summed E-state index contributed by atoms with van der Waals surface area (Å²) < 4.78 is 1.18. The molecule has 0 aliphatic rings. The van der Waals surface area contributed by atoms with Gasteiger partial charge in [-0.1, -0.05) is 11.6 Å². The predicted octanol–water partition coefficient (Wildman–Crippen LogP) is 0.839. The molecule has 0 bridgehead atoms. The molecular weight excluding hydrogens is 242 g/mol. The minimum Gasteiger partial charge on any atom is -0.302 e. The molecule has 0 aromatic carbocycles. The van der Waals surface area contributed by atoms with Crippen molar-refractivity contribution in [3.05, 3.63) is 31.6 Å². The summed E-state index contributed by atoms with van der Waals surface area (Å²) in [6.07, 6.45) is 0. The van der Waals surface area contributed by atoms with Crippen molar-refractivity contribution in [2.45, 2.75) is 32.9 Å². The van der Waals surface area contributed by atoms with E-state index in [1.54, 1.807) is 6.92 Å². The van der Waals surface area contributed by atoms with Crippen LogP contribution in [0.4, 0.5) is 0 Å². The molecular formula is C11H18ClN3O2. The van der Waals surface area contributed by atoms with Crippen LogP contribution >= 0.6 is 11.6 Å². The van der Waals surface area contributed by atoms with Crippen molar-refractivity contribution in [3.63, 3.8) is 0 Å². The van der Waals surface area contributed by atoms with Crippen LogP contribution in [-0.2, 0) is 6.54 Å². The highest BCUT2D eigenvalue weighted by atomic mass is 35.5. The molecule has 6 heteroatoms. The van der Waals surface area contributed by atoms with Crippen molar-refractivity contribution < 1.29 is 0 Å². The number of halogens is 1. The molecule has 0 fully saturated rings. The zero-order valence-corrected chi connectivity index (χ0v) is 11.6. The third-order valence-corrected chi connectivity index (χ3v) is 3.49. The van der Waals surface area contributed by atoms with Crippen LogP contribution in [0.5, 0.6) is 0 Å². The van der Waals surface area contributed by atoms with Crippen LogP contribution in [0.25, 0.3) is 0 Å². The number of nitrogens with one attached hydrogen (secondary N) is 1. The van der Waals surface area contributed by atoms with Gasteiger partial charge in [0.25, 0.3) is 5.56 Å². The summed E-state index contributed by atoms with van der Waals surface area (Å²) in [4.78, 5) is 28.1. The normalized spacial score (nSPS) is 12.2. The Hall–Kier alpha value is -1.07. The highest BCUT2D eigenvalue weighted by Gasteiger charge is 2.23. The van der Waals surface area contributed by atoms with Crippen LogP contribution in [0, 0.1) is 6.92 Å². The third kappa shape index (κ3) is 2.79. The van der Waals surface area contributed by atoms with Crippen molar-refractivity contribution in [1.82, 2.24) is 14.5 Å². The average Bonchev–Trinajstić information content (AvgIpc) is 2.21. The van der Waals surface area contributed by atoms with Crippen molar-refractivity contribution in [3.8, 4) is 0 Å². The maximum Gasteiger partial charge on any atom is 0.329 e. The van der Waals surface area contributed by atoms with Crippen molar-refractivity contribution in [2.24, 2.45) is 0 Å². The molecule has 0 saturated carbocycles. The predicted molar refractivity (Wildman–Crippen MR) is 68.8 cm³/mol. The summed E-state index contributed by atoms with van der Waals surface area (Å²) in [6.45, 7) is 5.83. The molecule has 0 aliphatic heterocycles. The fraction of sp³-hybridized carbons (Fsp3) is 0.636. The van der Waals surface area contributed by atoms with Gasteiger partial charge in [-0.3, -0.25) is 14.3 Å². The molecule has 1 rings (SSSR count). The Morgan fingerprint density at radius 3 is 2.35 bits per heavy atom. The maximum absolute atomic E-state index is 12.0. The molecule has 1 aromatic rings. The van der Waals surface area contributed by atoms with Gasteiger partial charge in [-0.05, 0) is 34.9 Å². The van der Waals surface area contributed by atoms with Gasteiger partial charge in [0.05, 0.1) is 0 Å². The average molecular weight is 260 g/mol. The van der Waals surface area contributed by atoms with E-state index in [0.29, 0.717) is 12.1 Å². The maximum atomic E-state index is 12.0. The molecule has 17 heavy (non-hydrogen) atoms. The molecule has 5 nitrogen and oxygen atoms in total. The van der Waals surface area contributed by atoms with E-state index < -0.39 is 5.69 Å². The van der Waals surface area contributed by atoms with Gasteiger partial charge in [0.15, 0.2) is 0 Å². The van der Waals surface area contributed by atoms with Crippen LogP contribution < -0.4 is 11.2 Å². The highest BCUT2D eigenvalue weighted by Crippen LogP contribution is 2.11. The monoisotopic (exact) mass is 259 g/mol. The second kappa shape index (κ2) is 4.66. The lowest BCUT2D eigenvalue weighted by Gasteiger charge is -2.32. The molecule has 0 amide bonds. The smallest absolute Gasteiger partial charge is 0.302 e. The number of H-pyrrole nitrogens is 1. The first kappa shape index (κ1) is 14.0. The molecule has 0 atom stereocenters. The minimum atomic E-state index is -0.472. The van der Waals surface area contributed by atoms with E-state index in [4.69, 9.17) is 11.6 Å². The number of aromatic nitrogens is 2. The summed E-state index contributed by atoms with van der Waals surface area (Å²) >= 11 is 5.75. The first-order chi connectivity index (χ1) is 7.66. The number of likely N-dealkylation sites (N-methyl/N-ethyl adjacent to an activating group) is 1. The summed E-state index contributed by atoms with van der Waals surface area (Å²) in [7, 11) is 3.81. The first-order valence-electron chi connectivity index (χ1n) is 5.33. The van der Waals surface area contributed by atoms with E-state index in [0.717, 1.165) is 0 Å². The molecule has 1 N–H and O–H groups in total. The fourth-order valence-electron chi connectivity index (χ4n) is 1.32. The summed E-state index contributed by atoms with van der Waals surface area (Å²) in [5.41, 5.74) is -0.744. The van der Waals surface area contributed by atoms with E-state index in [1.165, 1.54) is 4.57 Å². The topological polar surface area (TPSA) is 58.1 Å². The number of hydrogen-bond acceptors (Lipinski definition) is 3. The fourth-order valence-corrected chi connectivity index (χ4v) is 1.48. The van der Waals surface area contributed by atoms with Crippen LogP contribution in [0.15, 0.2) is 9.59 Å². The molecule has 0 radical (unpaired) electrons. The standard InChI is InChI=1S/C11H18ClN3O2/c1-7-8(12)13-10(17)15(9(7)16)6-11(2,3)14(4)5/h6H2,1-5H3,(H,13,17). The third-order valence-electron chi connectivity index (χ3n) is 3.11. The van der Waals surface area contributed by atoms with Gasteiger partial charge in [-0.25, -0.2) is 4.79 Å². The molecule has 1 heterocycles. The molecule has 0 aliphatic carbocycles. The van der Waals surface area contributed by atoms with Crippen LogP contribution in [0.2, 0.25) is 5.15 Å². The molecule has 0 saturated heterocycles. The van der Waals surface area contributed by atoms with Gasteiger partial charge < -0.3 is 4.90 Å². The van der Waals surface area contributed by atoms with Gasteiger partial charge in [0.1, 0.15) is 5.15 Å². The zero-order valence-electron chi connectivity index (χ0n) is 10.8. The Balaban J connectivity index is 3.31. The quantitative estimate of drug-likeness (QED) is 0.819. The molecule has 1 aromatic heterocycles. The molecule has 0 unspecified atom stereocenters. The Morgan fingerprint density at radius 2 is 1.88 bits per heavy atom. The van der Waals surface area contributed by atoms with Crippen molar-refractivity contribution in [1.29, 1.82) is 0 Å². The SMILES string of the molecule is Cc1c(Cl)[nH]c(=O)n(CC(C)(C)N(C)C)c1=O. The Labute approximate surface area is 105 Å². The lowest BCUT2D eigenvalue weighted by atomic mass is 10.0. The number of nitrogens with zero attached hydrogens (tertiary/aromatic N) is 2. The largest absolute Gasteiger partial charge is 0.329 e. The van der Waals surface area contributed by atoms with E-state index in [1.807, 2.05) is 32.8 Å². The number of aromatic amines is 1. The van der Waals surface area contributed by atoms with E-state index >= 15 is 0 Å². The highest BCUT2D eigenvalue weighted by molar-refractivity contribution is 6.30. The van der Waals surface area contributed by atoms with Crippen LogP contribution in [0.3, 0.4) is 0 Å². The Bertz CT molecular complexity index is 528. The Morgan fingerprint density at radius 1 is 1.35 bits per heavy atom. The molecule has 0 spiro atoms. The number of rotatable bonds is 3. The van der Waals surface area contributed by atoms with Crippen molar-refractivity contribution in [2.75, 3.05) is 14.1 Å². The second-order valence-electron chi connectivity index (χ2n) is 4.97. The van der Waals surface area contributed by atoms with Crippen LogP contribution in [-0.4, -0.2) is 34.1 Å². The van der Waals surface area contributed by atoms with Crippen molar-refractivity contribution >= 4 is 11.6 Å². The van der Waals surface area contributed by atoms with E-state index in [2.05, 4.69) is 4.98 Å². The zero-order chi connectivity index (χ0) is 13.4. The van der Waals surface area contributed by atoms with Gasteiger partial charge in [0, 0.05) is 17.6 Å². The minimum absolute atomic E-state index is 0.110. The van der Waals surface area contributed by atoms with Gasteiger partial charge in [-0.15, -0.1) is 0 Å². The van der Waals surface area contributed by atoms with Gasteiger partial charge >= 0.3 is 5.69 Å². The summed E-state index contributed by atoms with van der Waals surface area (Å²) in [6, 6.07) is 0. The van der Waals surface area contributed by atoms with Gasteiger partial charge in [0.2, 0.25) is 0 Å². The van der Waals surface area contributed by atoms with E-state index in [-0.39, 0.29) is 16.3 Å².